The molecular formula is C12H14F2N2O2. The Kier molecular flexibility index (Phi) is 5.23. The van der Waals surface area contributed by atoms with Crippen molar-refractivity contribution in [2.24, 2.45) is 0 Å². The summed E-state index contributed by atoms with van der Waals surface area (Å²) in [6, 6.07) is 3.43. The first-order valence-electron chi connectivity index (χ1n) is 5.47. The monoisotopic (exact) mass is 256 g/mol. The van der Waals surface area contributed by atoms with Crippen molar-refractivity contribution < 1.29 is 13.7 Å². The zero-order valence-corrected chi connectivity index (χ0v) is 9.90. The van der Waals surface area contributed by atoms with Crippen LogP contribution in [-0.4, -0.2) is 11.5 Å². The molecule has 0 aliphatic heterocycles. The summed E-state index contributed by atoms with van der Waals surface area (Å²) in [6.45, 7) is 2.37. The van der Waals surface area contributed by atoms with Crippen molar-refractivity contribution in [1.29, 1.82) is 0 Å². The summed E-state index contributed by atoms with van der Waals surface area (Å²) < 4.78 is 25.5. The van der Waals surface area contributed by atoms with Gasteiger partial charge >= 0.3 is 0 Å². The van der Waals surface area contributed by atoms with Gasteiger partial charge in [0.05, 0.1) is 4.92 Å². The third-order valence-corrected chi connectivity index (χ3v) is 2.34. The van der Waals surface area contributed by atoms with Gasteiger partial charge in [-0.05, 0) is 19.4 Å². The Bertz CT molecular complexity index is 448. The van der Waals surface area contributed by atoms with Crippen molar-refractivity contribution in [3.63, 3.8) is 0 Å². The number of nitrogens with one attached hydrogen (secondary N) is 1. The first kappa shape index (κ1) is 14.1. The normalized spacial score (nSPS) is 11.1. The highest BCUT2D eigenvalue weighted by Crippen LogP contribution is 2.30. The van der Waals surface area contributed by atoms with Crippen molar-refractivity contribution in [2.75, 3.05) is 11.9 Å². The molecule has 0 fully saturated rings. The molecule has 1 N–H and O–H groups in total. The van der Waals surface area contributed by atoms with Crippen molar-refractivity contribution >= 4 is 11.4 Å². The van der Waals surface area contributed by atoms with Gasteiger partial charge < -0.3 is 5.32 Å². The fraction of sp³-hybridized carbons (Fsp3) is 0.333. The van der Waals surface area contributed by atoms with Gasteiger partial charge in [0.25, 0.3) is 12.1 Å². The van der Waals surface area contributed by atoms with E-state index >= 15 is 0 Å². The number of anilines is 1. The van der Waals surface area contributed by atoms with Gasteiger partial charge in [0.2, 0.25) is 0 Å². The van der Waals surface area contributed by atoms with Gasteiger partial charge in [-0.3, -0.25) is 10.1 Å². The van der Waals surface area contributed by atoms with Gasteiger partial charge in [0.15, 0.2) is 0 Å². The Morgan fingerprint density at radius 3 is 2.78 bits per heavy atom. The van der Waals surface area contributed by atoms with E-state index in [1.54, 1.807) is 0 Å². The molecule has 0 heterocycles. The maximum atomic E-state index is 12.8. The Balaban J connectivity index is 2.86. The number of hydrogen-bond acceptors (Lipinski definition) is 3. The maximum Gasteiger partial charge on any atom is 0.270 e. The maximum absolute atomic E-state index is 12.8. The number of rotatable bonds is 6. The summed E-state index contributed by atoms with van der Waals surface area (Å²) in [7, 11) is 0. The third-order valence-electron chi connectivity index (χ3n) is 2.34. The summed E-state index contributed by atoms with van der Waals surface area (Å²) in [4.78, 5) is 9.83. The van der Waals surface area contributed by atoms with E-state index in [-0.39, 0.29) is 16.9 Å². The Morgan fingerprint density at radius 2 is 2.22 bits per heavy atom. The average Bonchev–Trinajstić information content (AvgIpc) is 2.34. The molecule has 18 heavy (non-hydrogen) atoms. The molecule has 1 aromatic rings. The molecule has 0 unspecified atom stereocenters. The second-order valence-corrected chi connectivity index (χ2v) is 3.61. The highest BCUT2D eigenvalue weighted by molar-refractivity contribution is 5.56. The van der Waals surface area contributed by atoms with Gasteiger partial charge in [0.1, 0.15) is 0 Å². The second-order valence-electron chi connectivity index (χ2n) is 3.61. The molecule has 6 heteroatoms. The number of non-ortho nitro benzene ring substituents is 1. The molecule has 0 radical (unpaired) electrons. The van der Waals surface area contributed by atoms with Gasteiger partial charge in [-0.1, -0.05) is 12.2 Å². The molecule has 0 aliphatic carbocycles. The van der Waals surface area contributed by atoms with Crippen LogP contribution in [0.2, 0.25) is 0 Å². The standard InChI is InChI=1S/C12H14F2N2O2/c1-2-3-4-7-15-11-6-5-9(16(17)18)8-10(11)12(13)14/h2-3,5-6,8,12,15H,4,7H2,1H3/b3-2+. The van der Waals surface area contributed by atoms with Crippen LogP contribution in [0.15, 0.2) is 30.4 Å². The molecule has 0 aromatic heterocycles. The Hall–Kier alpha value is -1.98. The summed E-state index contributed by atoms with van der Waals surface area (Å²) in [6.07, 6.45) is 1.73. The lowest BCUT2D eigenvalue weighted by molar-refractivity contribution is -0.385. The molecule has 4 nitrogen and oxygen atoms in total. The smallest absolute Gasteiger partial charge is 0.270 e. The predicted octanol–water partition coefficient (Wildman–Crippen LogP) is 3.91. The zero-order chi connectivity index (χ0) is 13.5. The van der Waals surface area contributed by atoms with Crippen LogP contribution >= 0.6 is 0 Å². The average molecular weight is 256 g/mol. The van der Waals surface area contributed by atoms with E-state index in [0.717, 1.165) is 6.07 Å². The van der Waals surface area contributed by atoms with Crippen molar-refractivity contribution in [3.8, 4) is 0 Å². The molecule has 0 spiro atoms. The van der Waals surface area contributed by atoms with Gasteiger partial charge in [0, 0.05) is 29.9 Å². The number of allylic oxidation sites excluding steroid dienone is 1. The summed E-state index contributed by atoms with van der Waals surface area (Å²) >= 11 is 0. The molecule has 0 amide bonds. The highest BCUT2D eigenvalue weighted by Gasteiger charge is 2.17. The van der Waals surface area contributed by atoms with Crippen LogP contribution in [0.5, 0.6) is 0 Å². The predicted molar refractivity (Wildman–Crippen MR) is 66.0 cm³/mol. The third kappa shape index (κ3) is 3.80. The van der Waals surface area contributed by atoms with E-state index in [1.165, 1.54) is 12.1 Å². The SMILES string of the molecule is C/C=C/CCNc1ccc([N+](=O)[O-])cc1C(F)F. The van der Waals surface area contributed by atoms with Crippen LogP contribution in [-0.2, 0) is 0 Å². The van der Waals surface area contributed by atoms with Crippen LogP contribution in [0.1, 0.15) is 25.3 Å². The lowest BCUT2D eigenvalue weighted by Crippen LogP contribution is -2.04. The van der Waals surface area contributed by atoms with Gasteiger partial charge in [-0.15, -0.1) is 0 Å². The lowest BCUT2D eigenvalue weighted by atomic mass is 10.1. The topological polar surface area (TPSA) is 55.2 Å². The number of nitro groups is 1. The number of halogens is 2. The number of nitrogens with zero attached hydrogens (tertiary/aromatic N) is 1. The van der Waals surface area contributed by atoms with Crippen LogP contribution in [0.4, 0.5) is 20.2 Å². The summed E-state index contributed by atoms with van der Waals surface area (Å²) in [5, 5.41) is 13.4. The first-order valence-corrected chi connectivity index (χ1v) is 5.47. The Morgan fingerprint density at radius 1 is 1.50 bits per heavy atom. The largest absolute Gasteiger partial charge is 0.384 e. The van der Waals surface area contributed by atoms with E-state index in [0.29, 0.717) is 13.0 Å². The molecular weight excluding hydrogens is 242 g/mol. The van der Waals surface area contributed by atoms with E-state index in [1.807, 2.05) is 19.1 Å². The zero-order valence-electron chi connectivity index (χ0n) is 9.90. The summed E-state index contributed by atoms with van der Waals surface area (Å²) in [5.41, 5.74) is -0.436. The molecule has 98 valence electrons. The number of hydrogen-bond donors (Lipinski definition) is 1. The Labute approximate surface area is 103 Å². The molecule has 1 aromatic carbocycles. The number of benzene rings is 1. The lowest BCUT2D eigenvalue weighted by Gasteiger charge is -2.10. The minimum atomic E-state index is -2.74. The minimum Gasteiger partial charge on any atom is -0.384 e. The van der Waals surface area contributed by atoms with Crippen molar-refractivity contribution in [3.05, 3.63) is 46.0 Å². The molecule has 0 saturated heterocycles. The van der Waals surface area contributed by atoms with Crippen LogP contribution < -0.4 is 5.32 Å². The molecule has 0 bridgehead atoms. The number of nitro benzene ring substituents is 1. The highest BCUT2D eigenvalue weighted by atomic mass is 19.3. The molecule has 0 saturated carbocycles. The van der Waals surface area contributed by atoms with E-state index in [2.05, 4.69) is 5.32 Å². The van der Waals surface area contributed by atoms with Crippen LogP contribution in [0.3, 0.4) is 0 Å². The first-order chi connectivity index (χ1) is 8.56. The molecule has 1 rings (SSSR count). The van der Waals surface area contributed by atoms with Gasteiger partial charge in [-0.25, -0.2) is 8.78 Å². The van der Waals surface area contributed by atoms with E-state index < -0.39 is 11.3 Å². The second kappa shape index (κ2) is 6.68. The van der Waals surface area contributed by atoms with E-state index in [4.69, 9.17) is 0 Å². The number of alkyl halides is 2. The fourth-order valence-corrected chi connectivity index (χ4v) is 1.46. The van der Waals surface area contributed by atoms with Crippen LogP contribution in [0, 0.1) is 10.1 Å². The van der Waals surface area contributed by atoms with Crippen molar-refractivity contribution in [1.82, 2.24) is 0 Å². The minimum absolute atomic E-state index is 0.236. The molecule has 0 atom stereocenters. The van der Waals surface area contributed by atoms with E-state index in [9.17, 15) is 18.9 Å². The van der Waals surface area contributed by atoms with Crippen molar-refractivity contribution in [2.45, 2.75) is 19.8 Å². The van der Waals surface area contributed by atoms with Crippen LogP contribution in [0.25, 0.3) is 0 Å². The quantitative estimate of drug-likeness (QED) is 0.363. The molecule has 0 aliphatic rings. The summed E-state index contributed by atoms with van der Waals surface area (Å²) in [5.74, 6) is 0. The van der Waals surface area contributed by atoms with Gasteiger partial charge in [-0.2, -0.15) is 0 Å². The fourth-order valence-electron chi connectivity index (χ4n) is 1.46.